The van der Waals surface area contributed by atoms with Crippen LogP contribution in [-0.4, -0.2) is 41.8 Å². The summed E-state index contributed by atoms with van der Waals surface area (Å²) in [5.74, 6) is -0.0756. The van der Waals surface area contributed by atoms with Crippen molar-refractivity contribution in [2.75, 3.05) is 20.1 Å². The predicted molar refractivity (Wildman–Crippen MR) is 178 cm³/mol. The van der Waals surface area contributed by atoms with Crippen molar-refractivity contribution in [2.45, 2.75) is 39.5 Å². The number of hydrogen-bond donors (Lipinski definition) is 2. The van der Waals surface area contributed by atoms with Gasteiger partial charge in [0.25, 0.3) is 11.8 Å². The topological polar surface area (TPSA) is 87.5 Å². The van der Waals surface area contributed by atoms with E-state index in [1.807, 2.05) is 30.5 Å². The van der Waals surface area contributed by atoms with Crippen molar-refractivity contribution in [1.29, 1.82) is 0 Å². The van der Waals surface area contributed by atoms with Gasteiger partial charge < -0.3 is 20.0 Å². The first kappa shape index (κ1) is 35.1. The minimum absolute atomic E-state index is 0.255. The van der Waals surface area contributed by atoms with Crippen molar-refractivity contribution in [3.05, 3.63) is 135 Å². The van der Waals surface area contributed by atoms with E-state index in [1.54, 1.807) is 48.3 Å². The number of aryl methyl sites for hydroxylation is 2. The number of nitrogens with one attached hydrogen (secondary N) is 2. The lowest BCUT2D eigenvalue weighted by molar-refractivity contribution is -0.137. The number of furan rings is 1. The van der Waals surface area contributed by atoms with Gasteiger partial charge in [-0.15, -0.1) is 11.3 Å². The summed E-state index contributed by atoms with van der Waals surface area (Å²) >= 11 is 1.48. The summed E-state index contributed by atoms with van der Waals surface area (Å²) in [7, 11) is 1.69. The van der Waals surface area contributed by atoms with Crippen LogP contribution < -0.4 is 10.6 Å². The van der Waals surface area contributed by atoms with Gasteiger partial charge in [-0.25, -0.2) is 4.98 Å². The van der Waals surface area contributed by atoms with Gasteiger partial charge in [-0.1, -0.05) is 54.1 Å². The molecule has 2 amide bonds. The van der Waals surface area contributed by atoms with Crippen LogP contribution in [0.25, 0.3) is 11.3 Å². The Kier molecular flexibility index (Phi) is 12.5. The van der Waals surface area contributed by atoms with Gasteiger partial charge >= 0.3 is 6.18 Å². The minimum Gasteiger partial charge on any atom is -0.464 e. The van der Waals surface area contributed by atoms with Crippen LogP contribution in [0, 0.1) is 13.8 Å². The van der Waals surface area contributed by atoms with Crippen molar-refractivity contribution in [3.8, 4) is 11.3 Å². The molecule has 0 saturated heterocycles. The molecule has 246 valence electrons. The molecule has 11 heteroatoms. The predicted octanol–water partition coefficient (Wildman–Crippen LogP) is 7.91. The van der Waals surface area contributed by atoms with Gasteiger partial charge in [-0.05, 0) is 68.8 Å². The molecule has 0 spiro atoms. The molecular formula is C36H37F3N4O3S. The van der Waals surface area contributed by atoms with Crippen LogP contribution in [0.3, 0.4) is 0 Å². The number of alkyl halides is 3. The Morgan fingerprint density at radius 1 is 0.915 bits per heavy atom. The highest BCUT2D eigenvalue weighted by Crippen LogP contribution is 2.29. The molecule has 2 aromatic heterocycles. The summed E-state index contributed by atoms with van der Waals surface area (Å²) in [6.45, 7) is 5.44. The first-order chi connectivity index (χ1) is 22.5. The molecule has 47 heavy (non-hydrogen) atoms. The van der Waals surface area contributed by atoms with Crippen LogP contribution in [-0.2, 0) is 19.3 Å². The molecule has 0 saturated carbocycles. The molecule has 0 unspecified atom stereocenters. The summed E-state index contributed by atoms with van der Waals surface area (Å²) in [6.07, 6.45) is -2.30. The Labute approximate surface area is 276 Å². The lowest BCUT2D eigenvalue weighted by Gasteiger charge is -2.17. The molecule has 2 N–H and O–H groups in total. The number of amides is 2. The fourth-order valence-electron chi connectivity index (χ4n) is 4.58. The van der Waals surface area contributed by atoms with E-state index in [2.05, 4.69) is 34.7 Å². The molecule has 0 aliphatic rings. The second kappa shape index (κ2) is 16.7. The zero-order valence-electron chi connectivity index (χ0n) is 26.4. The summed E-state index contributed by atoms with van der Waals surface area (Å²) in [5, 5.41) is 8.68. The van der Waals surface area contributed by atoms with Gasteiger partial charge in [0.15, 0.2) is 0 Å². The van der Waals surface area contributed by atoms with Crippen LogP contribution in [0.4, 0.5) is 13.2 Å². The summed E-state index contributed by atoms with van der Waals surface area (Å²) in [5.41, 5.74) is 3.32. The molecule has 5 aromatic rings. The number of benzene rings is 3. The number of hydrogen-bond acceptors (Lipinski definition) is 6. The summed E-state index contributed by atoms with van der Waals surface area (Å²) in [4.78, 5) is 32.2. The van der Waals surface area contributed by atoms with E-state index < -0.39 is 11.7 Å². The van der Waals surface area contributed by atoms with E-state index in [-0.39, 0.29) is 18.4 Å². The highest BCUT2D eigenvalue weighted by atomic mass is 32.1. The molecule has 0 aliphatic carbocycles. The van der Waals surface area contributed by atoms with Crippen molar-refractivity contribution in [1.82, 2.24) is 20.5 Å². The molecule has 0 aliphatic heterocycles. The van der Waals surface area contributed by atoms with Gasteiger partial charge in [-0.2, -0.15) is 13.2 Å². The van der Waals surface area contributed by atoms with Crippen molar-refractivity contribution < 1.29 is 27.2 Å². The highest BCUT2D eigenvalue weighted by Gasteiger charge is 2.30. The largest absolute Gasteiger partial charge is 0.464 e. The van der Waals surface area contributed by atoms with Crippen molar-refractivity contribution in [3.63, 3.8) is 0 Å². The summed E-state index contributed by atoms with van der Waals surface area (Å²) < 4.78 is 44.2. The first-order valence-corrected chi connectivity index (χ1v) is 15.9. The molecule has 0 fully saturated rings. The lowest BCUT2D eigenvalue weighted by atomic mass is 10.0. The zero-order valence-corrected chi connectivity index (χ0v) is 27.3. The fourth-order valence-corrected chi connectivity index (χ4v) is 5.40. The van der Waals surface area contributed by atoms with E-state index in [9.17, 15) is 22.8 Å². The normalized spacial score (nSPS) is 11.0. The maximum absolute atomic E-state index is 13.2. The SMILES string of the molecule is Cc1ccccc1.Cc1csc(CN(C)C(=O)c2cc(C(=O)NCCCNCc3cccc(C(F)(F)F)c3)cc(-c3ccco3)c2)n1. The Morgan fingerprint density at radius 2 is 1.68 bits per heavy atom. The van der Waals surface area contributed by atoms with Crippen LogP contribution in [0.2, 0.25) is 0 Å². The zero-order chi connectivity index (χ0) is 33.8. The average molecular weight is 663 g/mol. The smallest absolute Gasteiger partial charge is 0.416 e. The second-order valence-corrected chi connectivity index (χ2v) is 11.9. The van der Waals surface area contributed by atoms with Gasteiger partial charge in [0.05, 0.1) is 18.4 Å². The lowest BCUT2D eigenvalue weighted by Crippen LogP contribution is -2.29. The Morgan fingerprint density at radius 3 is 2.32 bits per heavy atom. The Hall–Kier alpha value is -4.74. The molecule has 5 rings (SSSR count). The molecule has 0 radical (unpaired) electrons. The maximum Gasteiger partial charge on any atom is 0.416 e. The van der Waals surface area contributed by atoms with Gasteiger partial charge in [-0.3, -0.25) is 9.59 Å². The number of halogens is 3. The number of aromatic nitrogens is 1. The monoisotopic (exact) mass is 662 g/mol. The highest BCUT2D eigenvalue weighted by molar-refractivity contribution is 7.09. The van der Waals surface area contributed by atoms with E-state index in [4.69, 9.17) is 4.42 Å². The van der Waals surface area contributed by atoms with Gasteiger partial charge in [0.1, 0.15) is 10.8 Å². The molecule has 3 aromatic carbocycles. The molecule has 2 heterocycles. The quantitative estimate of drug-likeness (QED) is 0.141. The van der Waals surface area contributed by atoms with E-state index in [0.717, 1.165) is 22.8 Å². The molecular weight excluding hydrogens is 625 g/mol. The molecule has 7 nitrogen and oxygen atoms in total. The van der Waals surface area contributed by atoms with E-state index in [1.165, 1.54) is 29.2 Å². The maximum atomic E-state index is 13.2. The number of rotatable bonds is 11. The van der Waals surface area contributed by atoms with Crippen LogP contribution >= 0.6 is 11.3 Å². The van der Waals surface area contributed by atoms with Crippen LogP contribution in [0.15, 0.2) is 101 Å². The second-order valence-electron chi connectivity index (χ2n) is 11.0. The molecule has 0 bridgehead atoms. The van der Waals surface area contributed by atoms with Crippen LogP contribution in [0.1, 0.15) is 54.5 Å². The number of nitrogens with zero attached hydrogens (tertiary/aromatic N) is 2. The Balaban J connectivity index is 0.000000632. The summed E-state index contributed by atoms with van der Waals surface area (Å²) in [6, 6.07) is 23.8. The van der Waals surface area contributed by atoms with E-state index >= 15 is 0 Å². The third kappa shape index (κ3) is 10.9. The van der Waals surface area contributed by atoms with E-state index in [0.29, 0.717) is 54.1 Å². The van der Waals surface area contributed by atoms with Gasteiger partial charge in [0.2, 0.25) is 0 Å². The standard InChI is InChI=1S/C29H29F3N4O3S.C7H8/c1-19-18-40-26(35-19)17-36(2)28(38)23-14-21(25-8-4-11-39-25)13-22(15-23)27(37)34-10-5-9-33-16-20-6-3-7-24(12-20)29(30,31)32;1-7-5-3-2-4-6-7/h3-4,6-8,11-15,18,33H,5,9-10,16-17H2,1-2H3,(H,34,37);2-6H,1H3. The average Bonchev–Trinajstić information content (AvgIpc) is 3.74. The van der Waals surface area contributed by atoms with Crippen molar-refractivity contribution >= 4 is 23.2 Å². The van der Waals surface area contributed by atoms with Crippen LogP contribution in [0.5, 0.6) is 0 Å². The third-order valence-corrected chi connectivity index (χ3v) is 7.92. The fraction of sp³-hybridized carbons (Fsp3) is 0.250. The first-order valence-electron chi connectivity index (χ1n) is 15.0. The molecule has 0 atom stereocenters. The minimum atomic E-state index is -4.38. The number of carbonyl (C=O) groups excluding carboxylic acids is 2. The third-order valence-electron chi connectivity index (χ3n) is 6.97. The Bertz CT molecular complexity index is 1740. The number of carbonyl (C=O) groups is 2. The van der Waals surface area contributed by atoms with Gasteiger partial charge in [0, 0.05) is 47.9 Å². The van der Waals surface area contributed by atoms with Crippen molar-refractivity contribution in [2.24, 2.45) is 0 Å². The number of thiazole rings is 1.